The maximum atomic E-state index is 11.3. The second-order valence-electron chi connectivity index (χ2n) is 2.76. The molecule has 0 fully saturated rings. The Kier molecular flexibility index (Phi) is 5.48. The summed E-state index contributed by atoms with van der Waals surface area (Å²) in [4.78, 5) is 11.3. The molecule has 0 amide bonds. The van der Waals surface area contributed by atoms with Crippen molar-refractivity contribution in [3.05, 3.63) is 29.3 Å². The van der Waals surface area contributed by atoms with E-state index in [4.69, 9.17) is 62.7 Å². The number of rotatable bonds is 2. The summed E-state index contributed by atoms with van der Waals surface area (Å²) in [5.74, 6) is 0.118. The third-order valence-electron chi connectivity index (χ3n) is 1.49. The predicted molar refractivity (Wildman–Crippen MR) is 68.5 cm³/mol. The lowest BCUT2D eigenvalue weighted by Crippen LogP contribution is -2.27. The molecule has 0 aromatic heterocycles. The van der Waals surface area contributed by atoms with Crippen LogP contribution in [0, 0.1) is 0 Å². The van der Waals surface area contributed by atoms with Gasteiger partial charge in [-0.2, -0.15) is 0 Å². The summed E-state index contributed by atoms with van der Waals surface area (Å²) in [5, 5.41) is 0.240. The van der Waals surface area contributed by atoms with Crippen molar-refractivity contribution in [2.24, 2.45) is 0 Å². The van der Waals surface area contributed by atoms with Gasteiger partial charge in [-0.3, -0.25) is 0 Å². The molecule has 0 radical (unpaired) electrons. The maximum absolute atomic E-state index is 11.3. The minimum atomic E-state index is -1.94. The fourth-order valence-corrected chi connectivity index (χ4v) is 1.17. The Labute approximate surface area is 122 Å². The molecule has 8 heteroatoms. The summed E-state index contributed by atoms with van der Waals surface area (Å²) in [6.45, 7) is 0. The molecule has 0 saturated heterocycles. The molecular weight excluding hydrogens is 333 g/mol. The summed E-state index contributed by atoms with van der Waals surface area (Å²) in [6, 6.07) is 6.31. The van der Waals surface area contributed by atoms with Crippen LogP contribution in [0.4, 0.5) is 4.79 Å². The zero-order chi connectivity index (χ0) is 13.1. The number of halogens is 5. The van der Waals surface area contributed by atoms with Gasteiger partial charge in [0, 0.05) is 0 Å². The highest BCUT2D eigenvalue weighted by molar-refractivity contribution is 6.70. The number of hydrogen-bond acceptors (Lipinski definition) is 3. The second kappa shape index (κ2) is 6.21. The topological polar surface area (TPSA) is 35.5 Å². The van der Waals surface area contributed by atoms with Gasteiger partial charge in [-0.05, 0) is 12.1 Å². The second-order valence-corrected chi connectivity index (χ2v) is 5.93. The molecule has 3 nitrogen and oxygen atoms in total. The van der Waals surface area contributed by atoms with Crippen LogP contribution in [-0.2, 0) is 4.74 Å². The Hall–Kier alpha value is -0.0600. The standard InChI is InChI=1S/C9H5Cl5O3/c10-5-3-1-2-4-6(5)16-8(15)17-7(11)9(12,13)14/h1-4,7H/t7-/m0/s1. The first-order valence-corrected chi connectivity index (χ1v) is 6.09. The Morgan fingerprint density at radius 1 is 1.24 bits per heavy atom. The first kappa shape index (κ1) is 15.0. The van der Waals surface area contributed by atoms with E-state index in [0.29, 0.717) is 0 Å². The highest BCUT2D eigenvalue weighted by atomic mass is 35.6. The van der Waals surface area contributed by atoms with Crippen molar-refractivity contribution in [2.75, 3.05) is 0 Å². The number of para-hydroxylation sites is 1. The van der Waals surface area contributed by atoms with E-state index in [2.05, 4.69) is 4.74 Å². The molecule has 1 atom stereocenters. The molecule has 0 N–H and O–H groups in total. The average Bonchev–Trinajstić information content (AvgIpc) is 2.20. The molecule has 0 heterocycles. The van der Waals surface area contributed by atoms with Crippen LogP contribution in [0.15, 0.2) is 24.3 Å². The van der Waals surface area contributed by atoms with Gasteiger partial charge in [0.25, 0.3) is 0 Å². The predicted octanol–water partition coefficient (Wildman–Crippen LogP) is 4.79. The Morgan fingerprint density at radius 3 is 2.35 bits per heavy atom. The van der Waals surface area contributed by atoms with Crippen molar-refractivity contribution in [3.8, 4) is 5.75 Å². The van der Waals surface area contributed by atoms with E-state index in [0.717, 1.165) is 0 Å². The molecule has 17 heavy (non-hydrogen) atoms. The normalized spacial score (nSPS) is 13.0. The summed E-state index contributed by atoms with van der Waals surface area (Å²) in [6.07, 6.45) is -1.12. The fourth-order valence-electron chi connectivity index (χ4n) is 0.793. The van der Waals surface area contributed by atoms with E-state index >= 15 is 0 Å². The van der Waals surface area contributed by atoms with Gasteiger partial charge in [-0.15, -0.1) is 0 Å². The lowest BCUT2D eigenvalue weighted by molar-refractivity contribution is 0.0882. The molecular formula is C9H5Cl5O3. The lowest BCUT2D eigenvalue weighted by Gasteiger charge is -2.17. The quantitative estimate of drug-likeness (QED) is 0.442. The molecule has 0 aliphatic heterocycles. The van der Waals surface area contributed by atoms with Crippen LogP contribution < -0.4 is 4.74 Å². The van der Waals surface area contributed by atoms with Crippen molar-refractivity contribution < 1.29 is 14.3 Å². The number of benzene rings is 1. The molecule has 0 aliphatic carbocycles. The van der Waals surface area contributed by atoms with Crippen molar-refractivity contribution in [1.82, 2.24) is 0 Å². The largest absolute Gasteiger partial charge is 0.515 e. The zero-order valence-electron chi connectivity index (χ0n) is 8.00. The van der Waals surface area contributed by atoms with Crippen LogP contribution in [0.3, 0.4) is 0 Å². The number of carbonyl (C=O) groups excluding carboxylic acids is 1. The van der Waals surface area contributed by atoms with E-state index in [1.165, 1.54) is 12.1 Å². The monoisotopic (exact) mass is 336 g/mol. The van der Waals surface area contributed by atoms with E-state index < -0.39 is 15.5 Å². The number of ether oxygens (including phenoxy) is 2. The van der Waals surface area contributed by atoms with Gasteiger partial charge in [-0.1, -0.05) is 70.1 Å². The fraction of sp³-hybridized carbons (Fsp3) is 0.222. The molecule has 0 saturated carbocycles. The van der Waals surface area contributed by atoms with E-state index in [1.807, 2.05) is 0 Å². The van der Waals surface area contributed by atoms with Gasteiger partial charge in [0.05, 0.1) is 5.02 Å². The van der Waals surface area contributed by atoms with Crippen molar-refractivity contribution in [3.63, 3.8) is 0 Å². The van der Waals surface area contributed by atoms with Gasteiger partial charge in [0.15, 0.2) is 5.75 Å². The smallest absolute Gasteiger partial charge is 0.410 e. The van der Waals surface area contributed by atoms with Crippen LogP contribution in [0.1, 0.15) is 0 Å². The lowest BCUT2D eigenvalue weighted by atomic mass is 10.3. The van der Waals surface area contributed by atoms with Gasteiger partial charge >= 0.3 is 6.16 Å². The van der Waals surface area contributed by atoms with Crippen molar-refractivity contribution in [2.45, 2.75) is 9.36 Å². The molecule has 1 aromatic carbocycles. The minimum absolute atomic E-state index is 0.118. The van der Waals surface area contributed by atoms with Crippen LogP contribution in [0.5, 0.6) is 5.75 Å². The van der Waals surface area contributed by atoms with Crippen LogP contribution >= 0.6 is 58.0 Å². The first-order valence-electron chi connectivity index (χ1n) is 4.14. The van der Waals surface area contributed by atoms with Gasteiger partial charge in [0.1, 0.15) is 0 Å². The average molecular weight is 338 g/mol. The molecule has 94 valence electrons. The molecule has 1 rings (SSSR count). The van der Waals surface area contributed by atoms with Gasteiger partial charge in [0.2, 0.25) is 9.36 Å². The van der Waals surface area contributed by atoms with E-state index in [-0.39, 0.29) is 10.8 Å². The van der Waals surface area contributed by atoms with Crippen molar-refractivity contribution in [1.29, 1.82) is 0 Å². The number of alkyl halides is 4. The summed E-state index contributed by atoms with van der Waals surface area (Å²) < 4.78 is 7.34. The molecule has 0 aliphatic rings. The van der Waals surface area contributed by atoms with E-state index in [1.54, 1.807) is 12.1 Å². The third kappa shape index (κ3) is 4.98. The summed E-state index contributed by atoms with van der Waals surface area (Å²) in [5.41, 5.74) is -1.47. The first-order chi connectivity index (χ1) is 7.80. The zero-order valence-corrected chi connectivity index (χ0v) is 11.8. The Morgan fingerprint density at radius 2 is 1.82 bits per heavy atom. The highest BCUT2D eigenvalue weighted by Gasteiger charge is 2.35. The minimum Gasteiger partial charge on any atom is -0.410 e. The molecule has 1 aromatic rings. The third-order valence-corrected chi connectivity index (χ3v) is 3.15. The summed E-state index contributed by atoms with van der Waals surface area (Å²) in [7, 11) is 0. The summed E-state index contributed by atoms with van der Waals surface area (Å²) >= 11 is 27.5. The molecule has 0 bridgehead atoms. The number of hydrogen-bond donors (Lipinski definition) is 0. The van der Waals surface area contributed by atoms with Crippen LogP contribution in [0.25, 0.3) is 0 Å². The SMILES string of the molecule is O=C(Oc1ccccc1Cl)O[C@H](Cl)C(Cl)(Cl)Cl. The Bertz CT molecular complexity index is 404. The van der Waals surface area contributed by atoms with Crippen LogP contribution in [-0.4, -0.2) is 15.5 Å². The highest BCUT2D eigenvalue weighted by Crippen LogP contribution is 2.34. The molecule has 0 spiro atoms. The van der Waals surface area contributed by atoms with Crippen molar-refractivity contribution >= 4 is 64.2 Å². The van der Waals surface area contributed by atoms with Gasteiger partial charge in [-0.25, -0.2) is 4.79 Å². The number of carbonyl (C=O) groups is 1. The maximum Gasteiger partial charge on any atom is 0.515 e. The van der Waals surface area contributed by atoms with Crippen LogP contribution in [0.2, 0.25) is 5.02 Å². The van der Waals surface area contributed by atoms with E-state index in [9.17, 15) is 4.79 Å². The molecule has 0 unspecified atom stereocenters. The van der Waals surface area contributed by atoms with Gasteiger partial charge < -0.3 is 9.47 Å². The Balaban J connectivity index is 2.60.